The Kier molecular flexibility index (Phi) is 3.47. The third-order valence-electron chi connectivity index (χ3n) is 4.16. The maximum absolute atomic E-state index is 12.6. The highest BCUT2D eigenvalue weighted by Gasteiger charge is 2.33. The molecule has 3 rings (SSSR count). The molecule has 4 heteroatoms. The van der Waals surface area contributed by atoms with E-state index in [1.807, 2.05) is 12.1 Å². The average Bonchev–Trinajstić information content (AvgIpc) is 3.15. The number of carboxylic acids is 1. The van der Waals surface area contributed by atoms with Gasteiger partial charge in [-0.25, -0.2) is 0 Å². The number of fused-ring (bicyclic) bond motifs is 1. The molecule has 1 saturated carbocycles. The Morgan fingerprint density at radius 3 is 2.65 bits per heavy atom. The fraction of sp³-hybridized carbons (Fsp3) is 0.500. The third-order valence-corrected chi connectivity index (χ3v) is 4.16. The normalized spacial score (nSPS) is 16.8. The van der Waals surface area contributed by atoms with Crippen molar-refractivity contribution in [2.75, 3.05) is 6.54 Å². The minimum atomic E-state index is -0.850. The van der Waals surface area contributed by atoms with Gasteiger partial charge >= 0.3 is 5.97 Å². The van der Waals surface area contributed by atoms with Gasteiger partial charge in [-0.15, -0.1) is 0 Å². The fourth-order valence-corrected chi connectivity index (χ4v) is 2.92. The lowest BCUT2D eigenvalue weighted by Crippen LogP contribution is -2.35. The van der Waals surface area contributed by atoms with Crippen LogP contribution in [0.3, 0.4) is 0 Å². The largest absolute Gasteiger partial charge is 0.481 e. The van der Waals surface area contributed by atoms with Crippen molar-refractivity contribution >= 4 is 11.9 Å². The molecule has 4 nitrogen and oxygen atoms in total. The zero-order valence-corrected chi connectivity index (χ0v) is 11.5. The summed E-state index contributed by atoms with van der Waals surface area (Å²) in [5, 5.41) is 8.81. The Balaban J connectivity index is 1.76. The van der Waals surface area contributed by atoms with Gasteiger partial charge in [-0.05, 0) is 55.4 Å². The second-order valence-corrected chi connectivity index (χ2v) is 5.71. The molecular formula is C16H19NO3. The van der Waals surface area contributed by atoms with E-state index in [-0.39, 0.29) is 18.4 Å². The van der Waals surface area contributed by atoms with E-state index in [0.717, 1.165) is 25.7 Å². The summed E-state index contributed by atoms with van der Waals surface area (Å²) in [7, 11) is 0. The van der Waals surface area contributed by atoms with Gasteiger partial charge in [-0.2, -0.15) is 0 Å². The highest BCUT2D eigenvalue weighted by molar-refractivity contribution is 5.95. The van der Waals surface area contributed by atoms with Crippen LogP contribution in [0, 0.1) is 0 Å². The number of carbonyl (C=O) groups is 2. The molecule has 2 aliphatic carbocycles. The van der Waals surface area contributed by atoms with Gasteiger partial charge in [0.1, 0.15) is 0 Å². The maximum atomic E-state index is 12.6. The predicted octanol–water partition coefficient (Wildman–Crippen LogP) is 2.25. The number of carbonyl (C=O) groups excluding carboxylic acids is 1. The van der Waals surface area contributed by atoms with Crippen molar-refractivity contribution in [1.29, 1.82) is 0 Å². The Morgan fingerprint density at radius 2 is 1.95 bits per heavy atom. The van der Waals surface area contributed by atoms with Crippen LogP contribution in [0.2, 0.25) is 0 Å². The number of aliphatic carboxylic acids is 1. The summed E-state index contributed by atoms with van der Waals surface area (Å²) in [4.78, 5) is 25.0. The van der Waals surface area contributed by atoms with E-state index >= 15 is 0 Å². The minimum Gasteiger partial charge on any atom is -0.481 e. The van der Waals surface area contributed by atoms with Crippen molar-refractivity contribution in [3.05, 3.63) is 34.9 Å². The van der Waals surface area contributed by atoms with Crippen LogP contribution in [0.25, 0.3) is 0 Å². The fourth-order valence-electron chi connectivity index (χ4n) is 2.92. The third kappa shape index (κ3) is 2.69. The lowest BCUT2D eigenvalue weighted by molar-refractivity contribution is -0.137. The second kappa shape index (κ2) is 5.27. The molecule has 0 spiro atoms. The molecule has 0 aliphatic heterocycles. The summed E-state index contributed by atoms with van der Waals surface area (Å²) in [6.07, 6.45) is 5.34. The Bertz CT molecular complexity index is 549. The molecule has 0 aromatic heterocycles. The quantitative estimate of drug-likeness (QED) is 0.895. The number of hydrogen-bond acceptors (Lipinski definition) is 2. The molecule has 0 saturated heterocycles. The SMILES string of the molecule is O=C(O)CCN(C(=O)c1ccc2c(c1)CCC2)C1CC1. The first-order valence-electron chi connectivity index (χ1n) is 7.30. The van der Waals surface area contributed by atoms with Gasteiger partial charge in [0, 0.05) is 18.2 Å². The molecule has 106 valence electrons. The van der Waals surface area contributed by atoms with Crippen LogP contribution in [0.15, 0.2) is 18.2 Å². The van der Waals surface area contributed by atoms with Crippen LogP contribution in [-0.2, 0) is 17.6 Å². The molecule has 1 N–H and O–H groups in total. The topological polar surface area (TPSA) is 57.6 Å². The van der Waals surface area contributed by atoms with Crippen LogP contribution in [0.5, 0.6) is 0 Å². The van der Waals surface area contributed by atoms with Gasteiger partial charge in [0.2, 0.25) is 0 Å². The van der Waals surface area contributed by atoms with Crippen LogP contribution in [0.4, 0.5) is 0 Å². The first kappa shape index (κ1) is 13.2. The van der Waals surface area contributed by atoms with Crippen LogP contribution in [0.1, 0.15) is 47.2 Å². The van der Waals surface area contributed by atoms with Crippen molar-refractivity contribution in [2.45, 2.75) is 44.6 Å². The van der Waals surface area contributed by atoms with Gasteiger partial charge in [0.25, 0.3) is 5.91 Å². The van der Waals surface area contributed by atoms with Crippen LogP contribution in [-0.4, -0.2) is 34.5 Å². The Morgan fingerprint density at radius 1 is 1.20 bits per heavy atom. The average molecular weight is 273 g/mol. The standard InChI is InChI=1S/C16H19NO3/c18-15(19)8-9-17(14-6-7-14)16(20)13-5-4-11-2-1-3-12(11)10-13/h4-5,10,14H,1-3,6-9H2,(H,18,19). The number of hydrogen-bond donors (Lipinski definition) is 1. The summed E-state index contributed by atoms with van der Waals surface area (Å²) in [5.41, 5.74) is 3.35. The minimum absolute atomic E-state index is 0.0107. The van der Waals surface area contributed by atoms with E-state index in [9.17, 15) is 9.59 Å². The van der Waals surface area contributed by atoms with E-state index in [0.29, 0.717) is 12.1 Å². The zero-order chi connectivity index (χ0) is 14.1. The van der Waals surface area contributed by atoms with E-state index in [1.54, 1.807) is 4.90 Å². The van der Waals surface area contributed by atoms with Crippen molar-refractivity contribution in [3.8, 4) is 0 Å². The van der Waals surface area contributed by atoms with Gasteiger partial charge in [-0.1, -0.05) is 6.07 Å². The number of nitrogens with zero attached hydrogens (tertiary/aromatic N) is 1. The predicted molar refractivity (Wildman–Crippen MR) is 74.8 cm³/mol. The number of rotatable bonds is 5. The first-order chi connectivity index (χ1) is 9.65. The Labute approximate surface area is 118 Å². The number of amides is 1. The maximum Gasteiger partial charge on any atom is 0.305 e. The van der Waals surface area contributed by atoms with E-state index < -0.39 is 5.97 Å². The molecular weight excluding hydrogens is 254 g/mol. The summed E-state index contributed by atoms with van der Waals surface area (Å²) in [6.45, 7) is 0.315. The van der Waals surface area contributed by atoms with E-state index in [1.165, 1.54) is 17.5 Å². The molecule has 0 atom stereocenters. The second-order valence-electron chi connectivity index (χ2n) is 5.71. The van der Waals surface area contributed by atoms with Crippen molar-refractivity contribution in [1.82, 2.24) is 4.90 Å². The summed E-state index contributed by atoms with van der Waals surface area (Å²) in [5.74, 6) is -0.860. The lowest BCUT2D eigenvalue weighted by atomic mass is 10.1. The molecule has 2 aliphatic rings. The lowest BCUT2D eigenvalue weighted by Gasteiger charge is -2.22. The van der Waals surface area contributed by atoms with Gasteiger partial charge in [0.15, 0.2) is 0 Å². The summed E-state index contributed by atoms with van der Waals surface area (Å²) < 4.78 is 0. The zero-order valence-electron chi connectivity index (χ0n) is 11.5. The highest BCUT2D eigenvalue weighted by Crippen LogP contribution is 2.29. The van der Waals surface area contributed by atoms with Crippen molar-refractivity contribution in [3.63, 3.8) is 0 Å². The van der Waals surface area contributed by atoms with Crippen LogP contribution < -0.4 is 0 Å². The molecule has 0 radical (unpaired) electrons. The monoisotopic (exact) mass is 273 g/mol. The molecule has 1 amide bonds. The molecule has 20 heavy (non-hydrogen) atoms. The molecule has 1 aromatic carbocycles. The highest BCUT2D eigenvalue weighted by atomic mass is 16.4. The molecule has 0 heterocycles. The summed E-state index contributed by atoms with van der Waals surface area (Å²) in [6, 6.07) is 6.19. The molecule has 1 aromatic rings. The van der Waals surface area contributed by atoms with Gasteiger partial charge < -0.3 is 10.0 Å². The molecule has 1 fully saturated rings. The van der Waals surface area contributed by atoms with E-state index in [4.69, 9.17) is 5.11 Å². The number of aryl methyl sites for hydroxylation is 2. The molecule has 0 unspecified atom stereocenters. The van der Waals surface area contributed by atoms with Gasteiger partial charge in [0.05, 0.1) is 6.42 Å². The van der Waals surface area contributed by atoms with Crippen LogP contribution >= 0.6 is 0 Å². The van der Waals surface area contributed by atoms with Crippen molar-refractivity contribution in [2.24, 2.45) is 0 Å². The van der Waals surface area contributed by atoms with Crippen molar-refractivity contribution < 1.29 is 14.7 Å². The number of carboxylic acid groups (broad SMARTS) is 1. The Hall–Kier alpha value is -1.84. The van der Waals surface area contributed by atoms with Gasteiger partial charge in [-0.3, -0.25) is 9.59 Å². The van der Waals surface area contributed by atoms with E-state index in [2.05, 4.69) is 6.07 Å². The first-order valence-corrected chi connectivity index (χ1v) is 7.30. The summed E-state index contributed by atoms with van der Waals surface area (Å²) >= 11 is 0. The number of benzene rings is 1. The smallest absolute Gasteiger partial charge is 0.305 e. The molecule has 0 bridgehead atoms.